The number of hydrogen-bond donors (Lipinski definition) is 10. The third-order valence-electron chi connectivity index (χ3n) is 7.72. The number of aromatic amines is 4. The molecule has 0 saturated heterocycles. The maximum absolute atomic E-state index is 11.0. The number of carbonyl (C=O) groups is 2. The molecular formula is C52H82N14O6S6. The first-order chi connectivity index (χ1) is 37.2. The average molecular weight is 1190 g/mol. The lowest BCUT2D eigenvalue weighted by atomic mass is 10.3. The Morgan fingerprint density at radius 2 is 0.897 bits per heavy atom. The summed E-state index contributed by atoms with van der Waals surface area (Å²) in [6.07, 6.45) is 0. The van der Waals surface area contributed by atoms with E-state index in [-0.39, 0.29) is 11.1 Å². The van der Waals surface area contributed by atoms with Gasteiger partial charge in [0.2, 0.25) is 0 Å². The van der Waals surface area contributed by atoms with Gasteiger partial charge in [-0.1, -0.05) is 83.1 Å². The maximum Gasteiger partial charge on any atom is 0.326 e. The molecular weight excluding hydrogens is 1110 g/mol. The fourth-order valence-corrected chi connectivity index (χ4v) is 9.32. The Bertz CT molecular complexity index is 3110. The molecule has 0 radical (unpaired) electrons. The summed E-state index contributed by atoms with van der Waals surface area (Å²) in [5.41, 5.74) is 32.3. The molecule has 4 amide bonds. The smallest absolute Gasteiger partial charge is 0.326 e. The molecule has 0 aliphatic rings. The normalized spacial score (nSPS) is 8.74. The molecule has 26 heteroatoms. The number of carbonyl (C=O) groups excluding carboxylic acids is 2. The van der Waals surface area contributed by atoms with E-state index in [0.717, 1.165) is 44.1 Å². The van der Waals surface area contributed by atoms with Crippen LogP contribution in [0.3, 0.4) is 0 Å². The number of nitrogens with one attached hydrogen (secondary N) is 4. The summed E-state index contributed by atoms with van der Waals surface area (Å²) >= 11 is 9.27. The second kappa shape index (κ2) is 46.0. The molecule has 0 aliphatic heterocycles. The quantitative estimate of drug-likeness (QED) is 0.0677. The van der Waals surface area contributed by atoms with E-state index in [2.05, 4.69) is 68.9 Å². The van der Waals surface area contributed by atoms with Crippen LogP contribution in [0.4, 0.5) is 20.3 Å². The van der Waals surface area contributed by atoms with E-state index in [1.165, 1.54) is 43.2 Å². The Kier molecular flexibility index (Phi) is 45.7. The number of aryl methyl sites for hydroxylation is 6. The van der Waals surface area contributed by atoms with E-state index in [1.54, 1.807) is 68.2 Å². The van der Waals surface area contributed by atoms with E-state index in [9.17, 15) is 19.2 Å². The van der Waals surface area contributed by atoms with Crippen molar-refractivity contribution < 1.29 is 9.59 Å². The monoisotopic (exact) mass is 1190 g/mol. The van der Waals surface area contributed by atoms with Gasteiger partial charge in [-0.15, -0.1) is 68.0 Å². The highest BCUT2D eigenvalue weighted by Crippen LogP contribution is 2.22. The van der Waals surface area contributed by atoms with Crippen molar-refractivity contribution in [1.29, 1.82) is 0 Å². The number of amides is 4. The standard InChI is InChI=1S/2C8H8N2S.2C6H4N2O2S.2C5H7NS.6C2H6.2CH4N2O/c1-5-8-7(3-4-11-8)10-6(2)9-5;1-5-7-3-4-11-8(7)10-6(2)9-5;9-5-4-3(1-2-11-4)7-6(10)8-5;9-4-3-1-2-11-5(3)8-6(10)7-4;1-4-5(6)2-3-7-4;1-4-2-3-7-5(4)6;6*1-2;2*2-1(3)4/h2*3-4H,1-2H3;2*1-2H,(H2,7,8,9,10);2*2-3H,6H2,1H3;6*1-2H3;2*(H4,2,3,4). The van der Waals surface area contributed by atoms with Crippen molar-refractivity contribution in [2.24, 2.45) is 22.9 Å². The fraction of sp³-hybridized carbons (Fsp3) is 0.346. The lowest BCUT2D eigenvalue weighted by Gasteiger charge is -1.95. The van der Waals surface area contributed by atoms with Crippen LogP contribution in [0.1, 0.15) is 117 Å². The van der Waals surface area contributed by atoms with Crippen molar-refractivity contribution in [2.45, 2.75) is 125 Å². The van der Waals surface area contributed by atoms with E-state index < -0.39 is 23.4 Å². The summed E-state index contributed by atoms with van der Waals surface area (Å²) in [4.78, 5) is 90.8. The molecule has 0 aromatic carbocycles. The Balaban J connectivity index is -0.000000397. The van der Waals surface area contributed by atoms with Crippen molar-refractivity contribution in [3.05, 3.63) is 144 Å². The molecule has 16 N–H and O–H groups in total. The largest absolute Gasteiger partial charge is 0.398 e. The van der Waals surface area contributed by atoms with Crippen LogP contribution < -0.4 is 56.9 Å². The highest BCUT2D eigenvalue weighted by atomic mass is 32.1. The zero-order chi connectivity index (χ0) is 61.1. The van der Waals surface area contributed by atoms with Crippen LogP contribution in [-0.4, -0.2) is 51.9 Å². The summed E-state index contributed by atoms with van der Waals surface area (Å²) in [6.45, 7) is 35.9. The third-order valence-corrected chi connectivity index (χ3v) is 13.0. The highest BCUT2D eigenvalue weighted by Gasteiger charge is 2.03. The maximum atomic E-state index is 11.0. The summed E-state index contributed by atoms with van der Waals surface area (Å²) in [5.74, 6) is 1.71. The minimum absolute atomic E-state index is 0.321. The van der Waals surface area contributed by atoms with Crippen LogP contribution in [0.2, 0.25) is 0 Å². The fourth-order valence-electron chi connectivity index (χ4n) is 4.86. The Labute approximate surface area is 480 Å². The molecule has 78 heavy (non-hydrogen) atoms. The lowest BCUT2D eigenvalue weighted by molar-refractivity contribution is 0.255. The van der Waals surface area contributed by atoms with E-state index in [4.69, 9.17) is 21.1 Å². The number of aromatic nitrogens is 8. The number of fused-ring (bicyclic) bond motifs is 4. The first-order valence-corrected chi connectivity index (χ1v) is 29.9. The van der Waals surface area contributed by atoms with Crippen molar-refractivity contribution in [1.82, 2.24) is 39.9 Å². The Morgan fingerprint density at radius 3 is 1.38 bits per heavy atom. The van der Waals surface area contributed by atoms with Gasteiger partial charge in [0.25, 0.3) is 11.1 Å². The number of nitrogens with two attached hydrogens (primary N) is 6. The second-order valence-electron chi connectivity index (χ2n) is 12.8. The number of urea groups is 2. The molecule has 10 aromatic heterocycles. The number of nitrogen functional groups attached to an aromatic ring is 2. The number of anilines is 2. The van der Waals surface area contributed by atoms with Gasteiger partial charge in [-0.3, -0.25) is 24.5 Å². The van der Waals surface area contributed by atoms with Gasteiger partial charge in [0.05, 0.1) is 31.8 Å². The Morgan fingerprint density at radius 1 is 0.449 bits per heavy atom. The van der Waals surface area contributed by atoms with Gasteiger partial charge < -0.3 is 39.4 Å². The van der Waals surface area contributed by atoms with Gasteiger partial charge in [0.1, 0.15) is 26.0 Å². The molecule has 10 rings (SSSR count). The van der Waals surface area contributed by atoms with Crippen molar-refractivity contribution in [2.75, 3.05) is 11.5 Å². The number of hydrogen-bond acceptors (Lipinski definition) is 18. The molecule has 0 fully saturated rings. The van der Waals surface area contributed by atoms with Crippen LogP contribution in [0.25, 0.3) is 40.9 Å². The molecule has 10 aromatic rings. The van der Waals surface area contributed by atoms with Crippen LogP contribution in [0.5, 0.6) is 0 Å². The first-order valence-electron chi connectivity index (χ1n) is 24.6. The number of rotatable bonds is 0. The van der Waals surface area contributed by atoms with Gasteiger partial charge in [-0.25, -0.2) is 39.1 Å². The molecule has 0 unspecified atom stereocenters. The first kappa shape index (κ1) is 77.4. The van der Waals surface area contributed by atoms with Crippen LogP contribution in [-0.2, 0) is 0 Å². The van der Waals surface area contributed by atoms with Gasteiger partial charge in [0.15, 0.2) is 0 Å². The minimum atomic E-state index is -0.833. The van der Waals surface area contributed by atoms with Gasteiger partial charge >= 0.3 is 23.4 Å². The predicted molar refractivity (Wildman–Crippen MR) is 342 cm³/mol. The van der Waals surface area contributed by atoms with Gasteiger partial charge in [-0.2, -0.15) is 0 Å². The predicted octanol–water partition coefficient (Wildman–Crippen LogP) is 12.7. The van der Waals surface area contributed by atoms with E-state index in [1.807, 2.05) is 164 Å². The lowest BCUT2D eigenvalue weighted by Crippen LogP contribution is -2.20. The highest BCUT2D eigenvalue weighted by molar-refractivity contribution is 7.18. The van der Waals surface area contributed by atoms with Crippen LogP contribution in [0.15, 0.2) is 87.9 Å². The molecule has 0 bridgehead atoms. The van der Waals surface area contributed by atoms with Gasteiger partial charge in [-0.05, 0) is 116 Å². The molecule has 10 heterocycles. The number of primary amides is 4. The summed E-state index contributed by atoms with van der Waals surface area (Å²) < 4.78 is 1.76. The second-order valence-corrected chi connectivity index (χ2v) is 18.5. The number of H-pyrrole nitrogens is 4. The van der Waals surface area contributed by atoms with Crippen molar-refractivity contribution in [3.63, 3.8) is 0 Å². The zero-order valence-electron chi connectivity index (χ0n) is 48.1. The van der Waals surface area contributed by atoms with Crippen molar-refractivity contribution >= 4 is 132 Å². The molecule has 20 nitrogen and oxygen atoms in total. The minimum Gasteiger partial charge on any atom is -0.398 e. The summed E-state index contributed by atoms with van der Waals surface area (Å²) in [5, 5.41) is 14.2. The molecule has 0 saturated carbocycles. The van der Waals surface area contributed by atoms with Crippen LogP contribution in [0, 0.1) is 41.5 Å². The van der Waals surface area contributed by atoms with Crippen molar-refractivity contribution in [3.8, 4) is 0 Å². The van der Waals surface area contributed by atoms with E-state index in [0.29, 0.717) is 20.4 Å². The summed E-state index contributed by atoms with van der Waals surface area (Å²) in [7, 11) is 0. The Hall–Kier alpha value is -7.10. The SMILES string of the molecule is CC.CC.CC.CC.CC.CC.Cc1ccsc1N.Cc1nc(C)c2ccsc2n1.Cc1nc(C)c2sccc2n1.Cc1sccc1N.NC(N)=O.NC(N)=O.O=c1[nH]c(=O)c2ccsc2[nH]1.O=c1[nH]c(=O)c2sccc2[nH]1. The summed E-state index contributed by atoms with van der Waals surface area (Å²) in [6, 6.07) is 9.74. The van der Waals surface area contributed by atoms with E-state index >= 15 is 0 Å². The third kappa shape index (κ3) is 31.2. The number of nitrogens with zero attached hydrogens (tertiary/aromatic N) is 4. The molecule has 0 spiro atoms. The molecule has 432 valence electrons. The number of thiophene rings is 6. The zero-order valence-corrected chi connectivity index (χ0v) is 53.0. The molecule has 0 atom stereocenters. The molecule has 0 aliphatic carbocycles. The average Bonchev–Trinajstić information content (AvgIpc) is 4.30. The van der Waals surface area contributed by atoms with Crippen LogP contribution >= 0.6 is 68.0 Å². The van der Waals surface area contributed by atoms with Gasteiger partial charge in [0, 0.05) is 21.6 Å². The topological polar surface area (TPSA) is 373 Å².